The number of aromatic amines is 1. The molecule has 2 aromatic heterocycles. The third-order valence-corrected chi connectivity index (χ3v) is 5.51. The van der Waals surface area contributed by atoms with Crippen LogP contribution in [0.4, 0.5) is 17.3 Å². The van der Waals surface area contributed by atoms with Crippen LogP contribution in [0.25, 0.3) is 0 Å². The van der Waals surface area contributed by atoms with E-state index in [9.17, 15) is 14.4 Å². The van der Waals surface area contributed by atoms with Gasteiger partial charge in [0.15, 0.2) is 5.69 Å². The molecule has 0 fully saturated rings. The minimum Gasteiger partial charge on any atom is -0.383 e. The number of hydrogen-bond donors (Lipinski definition) is 2. The van der Waals surface area contributed by atoms with Gasteiger partial charge in [0.2, 0.25) is 0 Å². The molecule has 3 aromatic rings. The van der Waals surface area contributed by atoms with E-state index in [2.05, 4.69) is 14.9 Å². The Morgan fingerprint density at radius 2 is 1.82 bits per heavy atom. The second kappa shape index (κ2) is 11.3. The molecule has 1 amide bonds. The summed E-state index contributed by atoms with van der Waals surface area (Å²) in [5.41, 5.74) is 5.91. The fourth-order valence-electron chi connectivity index (χ4n) is 3.66. The average Bonchev–Trinajstić information content (AvgIpc) is 2.85. The van der Waals surface area contributed by atoms with Crippen molar-refractivity contribution in [3.05, 3.63) is 80.6 Å². The van der Waals surface area contributed by atoms with E-state index < -0.39 is 17.2 Å². The molecule has 2 heterocycles. The molecule has 0 spiro atoms. The van der Waals surface area contributed by atoms with E-state index in [0.717, 1.165) is 24.5 Å². The van der Waals surface area contributed by atoms with Crippen molar-refractivity contribution >= 4 is 23.2 Å². The molecule has 0 radical (unpaired) electrons. The van der Waals surface area contributed by atoms with Gasteiger partial charge in [0.05, 0.1) is 18.7 Å². The number of nitrogens with two attached hydrogens (primary N) is 1. The maximum absolute atomic E-state index is 13.5. The third kappa shape index (κ3) is 5.34. The number of amides is 1. The molecular weight excluding hydrogens is 436 g/mol. The van der Waals surface area contributed by atoms with Crippen LogP contribution in [0.5, 0.6) is 0 Å². The van der Waals surface area contributed by atoms with E-state index in [1.807, 2.05) is 44.2 Å². The van der Waals surface area contributed by atoms with Gasteiger partial charge in [0.1, 0.15) is 11.6 Å². The summed E-state index contributed by atoms with van der Waals surface area (Å²) in [6, 6.07) is 12.6. The van der Waals surface area contributed by atoms with Gasteiger partial charge in [-0.15, -0.1) is 0 Å². The van der Waals surface area contributed by atoms with Gasteiger partial charge >= 0.3 is 5.69 Å². The standard InChI is InChI=1S/C24H30N6O4/c1-4-28(5-2)19-12-11-18(15-26-19)23(32)29(13-14-34-3)20-21(25)30(24(33)27-22(20)31)16-17-9-7-6-8-10-17/h6-12,15H,4-5,13-14,16,25H2,1-3H3,(H,27,31,33). The van der Waals surface area contributed by atoms with Crippen molar-refractivity contribution in [2.75, 3.05) is 48.9 Å². The van der Waals surface area contributed by atoms with Gasteiger partial charge in [-0.2, -0.15) is 0 Å². The Kier molecular flexibility index (Phi) is 8.20. The zero-order chi connectivity index (χ0) is 24.7. The molecule has 3 N–H and O–H groups in total. The molecule has 0 atom stereocenters. The van der Waals surface area contributed by atoms with E-state index in [1.165, 1.54) is 22.8 Å². The van der Waals surface area contributed by atoms with Crippen molar-refractivity contribution in [1.82, 2.24) is 14.5 Å². The van der Waals surface area contributed by atoms with Crippen molar-refractivity contribution in [2.45, 2.75) is 20.4 Å². The lowest BCUT2D eigenvalue weighted by molar-refractivity contribution is 0.0975. The topological polar surface area (TPSA) is 127 Å². The van der Waals surface area contributed by atoms with Gasteiger partial charge in [-0.25, -0.2) is 9.78 Å². The second-order valence-corrected chi connectivity index (χ2v) is 7.59. The molecule has 34 heavy (non-hydrogen) atoms. The van der Waals surface area contributed by atoms with Gasteiger partial charge in [0.25, 0.3) is 11.5 Å². The van der Waals surface area contributed by atoms with Crippen LogP contribution in [-0.2, 0) is 11.3 Å². The van der Waals surface area contributed by atoms with Crippen molar-refractivity contribution in [2.24, 2.45) is 0 Å². The highest BCUT2D eigenvalue weighted by Crippen LogP contribution is 2.21. The Bertz CT molecular complexity index is 1220. The molecular formula is C24H30N6O4. The molecule has 0 saturated carbocycles. The minimum atomic E-state index is -0.746. The molecule has 0 saturated heterocycles. The van der Waals surface area contributed by atoms with Crippen molar-refractivity contribution in [1.29, 1.82) is 0 Å². The summed E-state index contributed by atoms with van der Waals surface area (Å²) < 4.78 is 6.39. The van der Waals surface area contributed by atoms with Gasteiger partial charge in [-0.1, -0.05) is 30.3 Å². The van der Waals surface area contributed by atoms with Gasteiger partial charge in [-0.3, -0.25) is 24.0 Å². The first kappa shape index (κ1) is 24.7. The number of carbonyl (C=O) groups is 1. The first-order valence-electron chi connectivity index (χ1n) is 11.1. The van der Waals surface area contributed by atoms with Crippen molar-refractivity contribution in [3.63, 3.8) is 0 Å². The Hall–Kier alpha value is -3.92. The number of ether oxygens (including phenoxy) is 1. The second-order valence-electron chi connectivity index (χ2n) is 7.59. The monoisotopic (exact) mass is 466 g/mol. The number of nitrogens with one attached hydrogen (secondary N) is 1. The summed E-state index contributed by atoms with van der Waals surface area (Å²) in [5, 5.41) is 0. The average molecular weight is 467 g/mol. The minimum absolute atomic E-state index is 0.0595. The van der Waals surface area contributed by atoms with Crippen LogP contribution in [0.2, 0.25) is 0 Å². The number of carbonyl (C=O) groups excluding carboxylic acids is 1. The Morgan fingerprint density at radius 1 is 1.12 bits per heavy atom. The lowest BCUT2D eigenvalue weighted by Crippen LogP contribution is -2.42. The summed E-state index contributed by atoms with van der Waals surface area (Å²) in [5.74, 6) is 0.172. The number of methoxy groups -OCH3 is 1. The fraction of sp³-hybridized carbons (Fsp3) is 0.333. The van der Waals surface area contributed by atoms with Crippen LogP contribution in [0.3, 0.4) is 0 Å². The molecule has 0 aliphatic carbocycles. The summed E-state index contributed by atoms with van der Waals surface area (Å²) >= 11 is 0. The largest absolute Gasteiger partial charge is 0.383 e. The van der Waals surface area contributed by atoms with E-state index in [-0.39, 0.29) is 36.8 Å². The number of rotatable bonds is 10. The van der Waals surface area contributed by atoms with E-state index in [4.69, 9.17) is 10.5 Å². The van der Waals surface area contributed by atoms with E-state index in [0.29, 0.717) is 0 Å². The Balaban J connectivity index is 2.03. The summed E-state index contributed by atoms with van der Waals surface area (Å²) in [6.45, 7) is 5.97. The number of H-pyrrole nitrogens is 1. The first-order valence-corrected chi connectivity index (χ1v) is 11.1. The SMILES string of the molecule is CCN(CC)c1ccc(C(=O)N(CCOC)c2c(N)n(Cc3ccccc3)c(=O)[nH]c2=O)cn1. The number of hydrogen-bond acceptors (Lipinski definition) is 7. The smallest absolute Gasteiger partial charge is 0.330 e. The van der Waals surface area contributed by atoms with Gasteiger partial charge in [0, 0.05) is 32.9 Å². The molecule has 0 unspecified atom stereocenters. The summed E-state index contributed by atoms with van der Waals surface area (Å²) in [6.07, 6.45) is 1.47. The number of nitrogens with zero attached hydrogens (tertiary/aromatic N) is 4. The molecule has 180 valence electrons. The van der Waals surface area contributed by atoms with Gasteiger partial charge in [-0.05, 0) is 31.5 Å². The molecule has 1 aromatic carbocycles. The van der Waals surface area contributed by atoms with Gasteiger partial charge < -0.3 is 15.4 Å². The zero-order valence-corrected chi connectivity index (χ0v) is 19.7. The van der Waals surface area contributed by atoms with Crippen LogP contribution < -0.4 is 26.8 Å². The third-order valence-electron chi connectivity index (χ3n) is 5.51. The summed E-state index contributed by atoms with van der Waals surface area (Å²) in [4.78, 5) is 48.8. The molecule has 0 bridgehead atoms. The predicted octanol–water partition coefficient (Wildman–Crippen LogP) is 1.70. The van der Waals surface area contributed by atoms with Crippen LogP contribution in [0.15, 0.2) is 58.3 Å². The molecule has 3 rings (SSSR count). The first-order chi connectivity index (χ1) is 16.4. The molecule has 0 aliphatic heterocycles. The normalized spacial score (nSPS) is 10.8. The van der Waals surface area contributed by atoms with Crippen LogP contribution in [0.1, 0.15) is 29.8 Å². The maximum atomic E-state index is 13.5. The van der Waals surface area contributed by atoms with Crippen LogP contribution in [-0.4, -0.2) is 53.8 Å². The number of aromatic nitrogens is 3. The number of benzene rings is 1. The fourth-order valence-corrected chi connectivity index (χ4v) is 3.66. The van der Waals surface area contributed by atoms with Crippen molar-refractivity contribution < 1.29 is 9.53 Å². The number of anilines is 3. The maximum Gasteiger partial charge on any atom is 0.330 e. The molecule has 0 aliphatic rings. The number of nitrogen functional groups attached to an aromatic ring is 1. The lowest BCUT2D eigenvalue weighted by Gasteiger charge is -2.25. The Morgan fingerprint density at radius 3 is 2.41 bits per heavy atom. The number of pyridine rings is 1. The van der Waals surface area contributed by atoms with Crippen molar-refractivity contribution in [3.8, 4) is 0 Å². The lowest BCUT2D eigenvalue weighted by atomic mass is 10.2. The highest BCUT2D eigenvalue weighted by Gasteiger charge is 2.25. The highest BCUT2D eigenvalue weighted by atomic mass is 16.5. The highest BCUT2D eigenvalue weighted by molar-refractivity contribution is 6.07. The summed E-state index contributed by atoms with van der Waals surface area (Å²) in [7, 11) is 1.49. The molecule has 10 nitrogen and oxygen atoms in total. The quantitative estimate of drug-likeness (QED) is 0.466. The van der Waals surface area contributed by atoms with E-state index >= 15 is 0 Å². The van der Waals surface area contributed by atoms with E-state index in [1.54, 1.807) is 12.1 Å². The molecule has 10 heteroatoms. The van der Waals surface area contributed by atoms with Crippen LogP contribution in [0, 0.1) is 0 Å². The van der Waals surface area contributed by atoms with Crippen LogP contribution >= 0.6 is 0 Å². The Labute approximate surface area is 197 Å². The zero-order valence-electron chi connectivity index (χ0n) is 19.7. The predicted molar refractivity (Wildman–Crippen MR) is 133 cm³/mol.